The van der Waals surface area contributed by atoms with Gasteiger partial charge in [0.15, 0.2) is 0 Å². The van der Waals surface area contributed by atoms with E-state index >= 15 is 0 Å². The number of nitrogens with zero attached hydrogens (tertiary/aromatic N) is 1. The van der Waals surface area contributed by atoms with Crippen LogP contribution in [-0.2, 0) is 0 Å². The maximum Gasteiger partial charge on any atom is 0.0672 e. The molecule has 0 bridgehead atoms. The van der Waals surface area contributed by atoms with Crippen molar-refractivity contribution in [2.24, 2.45) is 5.73 Å². The molecule has 0 saturated carbocycles. The van der Waals surface area contributed by atoms with E-state index in [0.717, 1.165) is 38.8 Å². The van der Waals surface area contributed by atoms with Crippen molar-refractivity contribution in [1.29, 1.82) is 0 Å². The first-order valence-corrected chi connectivity index (χ1v) is 4.77. The SMILES string of the molecule is CN1CCCC(O)(CCN)CC1. The summed E-state index contributed by atoms with van der Waals surface area (Å²) < 4.78 is 0. The third-order valence-corrected chi connectivity index (χ3v) is 2.75. The van der Waals surface area contributed by atoms with Crippen LogP contribution in [0.3, 0.4) is 0 Å². The second kappa shape index (κ2) is 4.21. The lowest BCUT2D eigenvalue weighted by molar-refractivity contribution is 0.0199. The fraction of sp³-hybridized carbons (Fsp3) is 1.00. The molecule has 0 aromatic rings. The Morgan fingerprint density at radius 2 is 2.17 bits per heavy atom. The van der Waals surface area contributed by atoms with Gasteiger partial charge in [-0.25, -0.2) is 0 Å². The fourth-order valence-corrected chi connectivity index (χ4v) is 1.83. The van der Waals surface area contributed by atoms with Gasteiger partial charge in [0, 0.05) is 6.54 Å². The monoisotopic (exact) mass is 172 g/mol. The molecule has 3 heteroatoms. The van der Waals surface area contributed by atoms with E-state index in [2.05, 4.69) is 11.9 Å². The largest absolute Gasteiger partial charge is 0.390 e. The van der Waals surface area contributed by atoms with Crippen LogP contribution in [0.1, 0.15) is 25.7 Å². The second-order valence-electron chi connectivity index (χ2n) is 3.92. The van der Waals surface area contributed by atoms with E-state index in [0.29, 0.717) is 6.54 Å². The molecule has 1 unspecified atom stereocenters. The molecule has 1 fully saturated rings. The molecule has 0 aliphatic carbocycles. The Labute approximate surface area is 74.5 Å². The normalized spacial score (nSPS) is 33.2. The molecule has 0 aromatic carbocycles. The van der Waals surface area contributed by atoms with Crippen LogP contribution in [0.5, 0.6) is 0 Å². The van der Waals surface area contributed by atoms with Gasteiger partial charge < -0.3 is 15.7 Å². The molecular formula is C9H20N2O. The van der Waals surface area contributed by atoms with Gasteiger partial charge >= 0.3 is 0 Å². The third-order valence-electron chi connectivity index (χ3n) is 2.75. The summed E-state index contributed by atoms with van der Waals surface area (Å²) in [6.45, 7) is 2.70. The molecule has 3 N–H and O–H groups in total. The maximum absolute atomic E-state index is 10.1. The van der Waals surface area contributed by atoms with Crippen LogP contribution in [0.2, 0.25) is 0 Å². The summed E-state index contributed by atoms with van der Waals surface area (Å²) in [5.74, 6) is 0. The highest BCUT2D eigenvalue weighted by Crippen LogP contribution is 2.24. The highest BCUT2D eigenvalue weighted by molar-refractivity contribution is 4.82. The van der Waals surface area contributed by atoms with Crippen molar-refractivity contribution in [3.63, 3.8) is 0 Å². The van der Waals surface area contributed by atoms with Crippen LogP contribution < -0.4 is 5.73 Å². The highest BCUT2D eigenvalue weighted by Gasteiger charge is 2.27. The minimum Gasteiger partial charge on any atom is -0.390 e. The summed E-state index contributed by atoms with van der Waals surface area (Å²) in [7, 11) is 2.11. The Balaban J connectivity index is 2.43. The predicted molar refractivity (Wildman–Crippen MR) is 50.0 cm³/mol. The van der Waals surface area contributed by atoms with E-state index in [-0.39, 0.29) is 0 Å². The molecule has 1 aliphatic heterocycles. The van der Waals surface area contributed by atoms with E-state index in [4.69, 9.17) is 5.73 Å². The van der Waals surface area contributed by atoms with Crippen molar-refractivity contribution >= 4 is 0 Å². The first-order valence-electron chi connectivity index (χ1n) is 4.77. The van der Waals surface area contributed by atoms with Gasteiger partial charge in [0.25, 0.3) is 0 Å². The van der Waals surface area contributed by atoms with Crippen molar-refractivity contribution in [2.45, 2.75) is 31.3 Å². The number of hydrogen-bond acceptors (Lipinski definition) is 3. The minimum absolute atomic E-state index is 0.473. The number of hydrogen-bond donors (Lipinski definition) is 2. The molecule has 1 saturated heterocycles. The van der Waals surface area contributed by atoms with Crippen LogP contribution >= 0.6 is 0 Å². The summed E-state index contributed by atoms with van der Waals surface area (Å²) in [4.78, 5) is 2.27. The quantitative estimate of drug-likeness (QED) is 0.625. The Kier molecular flexibility index (Phi) is 3.50. The summed E-state index contributed by atoms with van der Waals surface area (Å²) >= 11 is 0. The van der Waals surface area contributed by atoms with Crippen molar-refractivity contribution in [2.75, 3.05) is 26.7 Å². The smallest absolute Gasteiger partial charge is 0.0672 e. The Morgan fingerprint density at radius 1 is 1.42 bits per heavy atom. The topological polar surface area (TPSA) is 49.5 Å². The number of nitrogens with two attached hydrogens (primary N) is 1. The van der Waals surface area contributed by atoms with E-state index in [1.165, 1.54) is 0 Å². The molecule has 0 aromatic heterocycles. The van der Waals surface area contributed by atoms with Gasteiger partial charge in [-0.3, -0.25) is 0 Å². The summed E-state index contributed by atoms with van der Waals surface area (Å²) in [6, 6.07) is 0. The Hall–Kier alpha value is -0.120. The first kappa shape index (κ1) is 9.96. The molecule has 1 aliphatic rings. The molecule has 3 nitrogen and oxygen atoms in total. The number of aliphatic hydroxyl groups is 1. The van der Waals surface area contributed by atoms with Crippen LogP contribution in [0.25, 0.3) is 0 Å². The van der Waals surface area contributed by atoms with Gasteiger partial charge in [-0.05, 0) is 45.8 Å². The molecule has 0 amide bonds. The zero-order valence-electron chi connectivity index (χ0n) is 7.92. The highest BCUT2D eigenvalue weighted by atomic mass is 16.3. The van der Waals surface area contributed by atoms with Gasteiger partial charge in [0.2, 0.25) is 0 Å². The van der Waals surface area contributed by atoms with Crippen molar-refractivity contribution in [3.05, 3.63) is 0 Å². The van der Waals surface area contributed by atoms with Crippen molar-refractivity contribution in [1.82, 2.24) is 4.90 Å². The van der Waals surface area contributed by atoms with E-state index in [1.54, 1.807) is 0 Å². The van der Waals surface area contributed by atoms with Gasteiger partial charge in [0.05, 0.1) is 5.60 Å². The molecule has 12 heavy (non-hydrogen) atoms. The van der Waals surface area contributed by atoms with Crippen LogP contribution in [0.15, 0.2) is 0 Å². The zero-order chi connectivity index (χ0) is 9.03. The van der Waals surface area contributed by atoms with Gasteiger partial charge in [-0.15, -0.1) is 0 Å². The average molecular weight is 172 g/mol. The lowest BCUT2D eigenvalue weighted by Crippen LogP contribution is -2.32. The average Bonchev–Trinajstić information content (AvgIpc) is 2.15. The molecule has 0 radical (unpaired) electrons. The van der Waals surface area contributed by atoms with E-state index < -0.39 is 5.60 Å². The second-order valence-corrected chi connectivity index (χ2v) is 3.92. The van der Waals surface area contributed by atoms with E-state index in [1.807, 2.05) is 0 Å². The first-order chi connectivity index (χ1) is 5.66. The van der Waals surface area contributed by atoms with Crippen LogP contribution in [0, 0.1) is 0 Å². The molecule has 1 heterocycles. The number of rotatable bonds is 2. The van der Waals surface area contributed by atoms with Crippen LogP contribution in [0.4, 0.5) is 0 Å². The van der Waals surface area contributed by atoms with Gasteiger partial charge in [0.1, 0.15) is 0 Å². The van der Waals surface area contributed by atoms with Crippen LogP contribution in [-0.4, -0.2) is 42.3 Å². The predicted octanol–water partition coefficient (Wildman–Crippen LogP) is 0.182. The van der Waals surface area contributed by atoms with Crippen molar-refractivity contribution < 1.29 is 5.11 Å². The standard InChI is InChI=1S/C9H20N2O/c1-11-7-2-3-9(12,4-6-10)5-8-11/h12H,2-8,10H2,1H3. The third kappa shape index (κ3) is 2.73. The summed E-state index contributed by atoms with van der Waals surface area (Å²) in [5, 5.41) is 10.1. The van der Waals surface area contributed by atoms with Crippen molar-refractivity contribution in [3.8, 4) is 0 Å². The van der Waals surface area contributed by atoms with Gasteiger partial charge in [-0.1, -0.05) is 0 Å². The molecule has 0 spiro atoms. The Morgan fingerprint density at radius 3 is 2.83 bits per heavy atom. The summed E-state index contributed by atoms with van der Waals surface area (Å²) in [6.07, 6.45) is 3.63. The lowest BCUT2D eigenvalue weighted by atomic mass is 9.91. The van der Waals surface area contributed by atoms with Gasteiger partial charge in [-0.2, -0.15) is 0 Å². The number of likely N-dealkylation sites (tertiary alicyclic amines) is 1. The molecule has 1 atom stereocenters. The summed E-state index contributed by atoms with van der Waals surface area (Å²) in [5.41, 5.74) is 4.98. The Bertz CT molecular complexity index is 140. The maximum atomic E-state index is 10.1. The molecular weight excluding hydrogens is 152 g/mol. The fourth-order valence-electron chi connectivity index (χ4n) is 1.83. The van der Waals surface area contributed by atoms with E-state index in [9.17, 15) is 5.11 Å². The molecule has 72 valence electrons. The zero-order valence-corrected chi connectivity index (χ0v) is 7.92. The lowest BCUT2D eigenvalue weighted by Gasteiger charge is -2.25. The minimum atomic E-state index is -0.473. The molecule has 1 rings (SSSR count).